The molecule has 0 radical (unpaired) electrons. The van der Waals surface area contributed by atoms with Crippen molar-refractivity contribution in [2.75, 3.05) is 7.05 Å². The predicted octanol–water partition coefficient (Wildman–Crippen LogP) is 3.32. The summed E-state index contributed by atoms with van der Waals surface area (Å²) in [7, 11) is 2.07. The highest BCUT2D eigenvalue weighted by Crippen LogP contribution is 2.12. The largest absolute Gasteiger partial charge is 0.317 e. The van der Waals surface area contributed by atoms with Crippen LogP contribution in [0.4, 0.5) is 0 Å². The lowest BCUT2D eigenvalue weighted by atomic mass is 9.98. The molecule has 1 unspecified atom stereocenters. The third-order valence-electron chi connectivity index (χ3n) is 3.04. The SMILES string of the molecule is CCCCC(Cc1ccccc1C)NC. The fraction of sp³-hybridized carbons (Fsp3) is 0.571. The first-order chi connectivity index (χ1) is 7.27. The van der Waals surface area contributed by atoms with Crippen LogP contribution < -0.4 is 5.32 Å². The number of rotatable bonds is 6. The lowest BCUT2D eigenvalue weighted by molar-refractivity contribution is 0.498. The molecule has 1 heteroatoms. The topological polar surface area (TPSA) is 12.0 Å². The second kappa shape index (κ2) is 6.62. The lowest BCUT2D eigenvalue weighted by Gasteiger charge is -2.17. The summed E-state index contributed by atoms with van der Waals surface area (Å²) >= 11 is 0. The lowest BCUT2D eigenvalue weighted by Crippen LogP contribution is -2.27. The molecular weight excluding hydrogens is 182 g/mol. The van der Waals surface area contributed by atoms with E-state index in [1.807, 2.05) is 0 Å². The summed E-state index contributed by atoms with van der Waals surface area (Å²) in [5.41, 5.74) is 2.89. The van der Waals surface area contributed by atoms with E-state index in [0.29, 0.717) is 6.04 Å². The summed E-state index contributed by atoms with van der Waals surface area (Å²) in [6.45, 7) is 4.45. The molecular formula is C14H23N. The molecule has 0 bridgehead atoms. The third-order valence-corrected chi connectivity index (χ3v) is 3.04. The molecule has 15 heavy (non-hydrogen) atoms. The Balaban J connectivity index is 2.54. The monoisotopic (exact) mass is 205 g/mol. The first-order valence-electron chi connectivity index (χ1n) is 5.99. The molecule has 1 nitrogen and oxygen atoms in total. The van der Waals surface area contributed by atoms with Crippen molar-refractivity contribution in [3.8, 4) is 0 Å². The van der Waals surface area contributed by atoms with E-state index in [9.17, 15) is 0 Å². The molecule has 84 valence electrons. The van der Waals surface area contributed by atoms with Crippen molar-refractivity contribution in [2.24, 2.45) is 0 Å². The van der Waals surface area contributed by atoms with E-state index >= 15 is 0 Å². The van der Waals surface area contributed by atoms with E-state index in [1.165, 1.54) is 30.4 Å². The van der Waals surface area contributed by atoms with Crippen molar-refractivity contribution in [1.82, 2.24) is 5.32 Å². The van der Waals surface area contributed by atoms with E-state index in [0.717, 1.165) is 6.42 Å². The van der Waals surface area contributed by atoms with Gasteiger partial charge in [0.1, 0.15) is 0 Å². The maximum absolute atomic E-state index is 3.41. The maximum Gasteiger partial charge on any atom is 0.0105 e. The first-order valence-corrected chi connectivity index (χ1v) is 5.99. The fourth-order valence-corrected chi connectivity index (χ4v) is 1.90. The van der Waals surface area contributed by atoms with Gasteiger partial charge in [-0.05, 0) is 37.9 Å². The van der Waals surface area contributed by atoms with Crippen molar-refractivity contribution in [2.45, 2.75) is 45.6 Å². The van der Waals surface area contributed by atoms with Crippen LogP contribution in [0.15, 0.2) is 24.3 Å². The van der Waals surface area contributed by atoms with E-state index < -0.39 is 0 Å². The molecule has 1 aromatic rings. The van der Waals surface area contributed by atoms with E-state index in [4.69, 9.17) is 0 Å². The Morgan fingerprint density at radius 2 is 2.00 bits per heavy atom. The Morgan fingerprint density at radius 1 is 1.27 bits per heavy atom. The van der Waals surface area contributed by atoms with Crippen molar-refractivity contribution in [3.63, 3.8) is 0 Å². The average molecular weight is 205 g/mol. The summed E-state index contributed by atoms with van der Waals surface area (Å²) in [4.78, 5) is 0. The summed E-state index contributed by atoms with van der Waals surface area (Å²) < 4.78 is 0. The minimum absolute atomic E-state index is 0.631. The molecule has 0 saturated heterocycles. The number of hydrogen-bond acceptors (Lipinski definition) is 1. The van der Waals surface area contributed by atoms with Gasteiger partial charge in [0.25, 0.3) is 0 Å². The van der Waals surface area contributed by atoms with Crippen molar-refractivity contribution >= 4 is 0 Å². The van der Waals surface area contributed by atoms with E-state index in [-0.39, 0.29) is 0 Å². The Kier molecular flexibility index (Phi) is 5.41. The molecule has 0 fully saturated rings. The molecule has 0 heterocycles. The van der Waals surface area contributed by atoms with Crippen LogP contribution >= 0.6 is 0 Å². The predicted molar refractivity (Wildman–Crippen MR) is 67.3 cm³/mol. The zero-order chi connectivity index (χ0) is 11.1. The van der Waals surface area contributed by atoms with Crippen LogP contribution in [0.1, 0.15) is 37.3 Å². The van der Waals surface area contributed by atoms with Gasteiger partial charge in [-0.15, -0.1) is 0 Å². The van der Waals surface area contributed by atoms with Gasteiger partial charge in [-0.1, -0.05) is 44.0 Å². The first kappa shape index (κ1) is 12.3. The number of aryl methyl sites for hydroxylation is 1. The van der Waals surface area contributed by atoms with Gasteiger partial charge in [0.2, 0.25) is 0 Å². The third kappa shape index (κ3) is 4.05. The van der Waals surface area contributed by atoms with Gasteiger partial charge in [0.15, 0.2) is 0 Å². The fourth-order valence-electron chi connectivity index (χ4n) is 1.90. The van der Waals surface area contributed by atoms with Gasteiger partial charge in [0, 0.05) is 6.04 Å². The quantitative estimate of drug-likeness (QED) is 0.751. The highest BCUT2D eigenvalue weighted by Gasteiger charge is 2.07. The van der Waals surface area contributed by atoms with Gasteiger partial charge in [0.05, 0.1) is 0 Å². The second-order valence-electron chi connectivity index (χ2n) is 4.26. The van der Waals surface area contributed by atoms with Crippen LogP contribution in [0, 0.1) is 6.92 Å². The molecule has 0 aliphatic heterocycles. The van der Waals surface area contributed by atoms with Crippen LogP contribution in [0.25, 0.3) is 0 Å². The molecule has 0 spiro atoms. The molecule has 0 aliphatic carbocycles. The Hall–Kier alpha value is -0.820. The smallest absolute Gasteiger partial charge is 0.0105 e. The van der Waals surface area contributed by atoms with Crippen LogP contribution in [0.2, 0.25) is 0 Å². The maximum atomic E-state index is 3.41. The van der Waals surface area contributed by atoms with Gasteiger partial charge < -0.3 is 5.32 Å². The molecule has 1 rings (SSSR count). The highest BCUT2D eigenvalue weighted by atomic mass is 14.9. The minimum Gasteiger partial charge on any atom is -0.317 e. The van der Waals surface area contributed by atoms with E-state index in [1.54, 1.807) is 0 Å². The zero-order valence-corrected chi connectivity index (χ0v) is 10.2. The highest BCUT2D eigenvalue weighted by molar-refractivity contribution is 5.26. The van der Waals surface area contributed by atoms with Gasteiger partial charge in [-0.2, -0.15) is 0 Å². The Bertz CT molecular complexity index is 280. The van der Waals surface area contributed by atoms with Crippen LogP contribution in [0.3, 0.4) is 0 Å². The van der Waals surface area contributed by atoms with Gasteiger partial charge >= 0.3 is 0 Å². The molecule has 1 N–H and O–H groups in total. The second-order valence-corrected chi connectivity index (χ2v) is 4.26. The minimum atomic E-state index is 0.631. The van der Waals surface area contributed by atoms with E-state index in [2.05, 4.69) is 50.5 Å². The standard InChI is InChI=1S/C14H23N/c1-4-5-10-14(15-3)11-13-9-7-6-8-12(13)2/h6-9,14-15H,4-5,10-11H2,1-3H3. The van der Waals surface area contributed by atoms with Crippen LogP contribution in [-0.4, -0.2) is 13.1 Å². The number of hydrogen-bond donors (Lipinski definition) is 1. The van der Waals surface area contributed by atoms with Crippen LogP contribution in [-0.2, 0) is 6.42 Å². The van der Waals surface area contributed by atoms with Crippen molar-refractivity contribution in [1.29, 1.82) is 0 Å². The molecule has 0 aromatic heterocycles. The summed E-state index contributed by atoms with van der Waals surface area (Å²) in [5.74, 6) is 0. The van der Waals surface area contributed by atoms with Crippen molar-refractivity contribution < 1.29 is 0 Å². The summed E-state index contributed by atoms with van der Waals surface area (Å²) in [5, 5.41) is 3.41. The summed E-state index contributed by atoms with van der Waals surface area (Å²) in [6, 6.07) is 9.31. The number of unbranched alkanes of at least 4 members (excludes halogenated alkanes) is 1. The van der Waals surface area contributed by atoms with Gasteiger partial charge in [-0.3, -0.25) is 0 Å². The normalized spacial score (nSPS) is 12.7. The molecule has 0 saturated carbocycles. The van der Waals surface area contributed by atoms with Gasteiger partial charge in [-0.25, -0.2) is 0 Å². The Morgan fingerprint density at radius 3 is 2.60 bits per heavy atom. The van der Waals surface area contributed by atoms with Crippen molar-refractivity contribution in [3.05, 3.63) is 35.4 Å². The molecule has 1 atom stereocenters. The average Bonchev–Trinajstić information content (AvgIpc) is 2.26. The number of benzene rings is 1. The number of likely N-dealkylation sites (N-methyl/N-ethyl adjacent to an activating group) is 1. The van der Waals surface area contributed by atoms with Crippen LogP contribution in [0.5, 0.6) is 0 Å². The summed E-state index contributed by atoms with van der Waals surface area (Å²) in [6.07, 6.45) is 5.04. The molecule has 0 aliphatic rings. The molecule has 0 amide bonds. The zero-order valence-electron chi connectivity index (χ0n) is 10.2. The Labute approximate surface area is 93.9 Å². The molecule has 1 aromatic carbocycles. The number of nitrogens with one attached hydrogen (secondary N) is 1.